The molecule has 0 radical (unpaired) electrons. The third-order valence-electron chi connectivity index (χ3n) is 3.11. The number of aliphatic hydroxyl groups is 1. The monoisotopic (exact) mass is 248 g/mol. The van der Waals surface area contributed by atoms with E-state index in [1.54, 1.807) is 0 Å². The van der Waals surface area contributed by atoms with Crippen molar-refractivity contribution in [3.63, 3.8) is 0 Å². The van der Waals surface area contributed by atoms with E-state index in [-0.39, 0.29) is 0 Å². The Bertz CT molecular complexity index is 548. The Labute approximate surface area is 105 Å². The molecule has 1 N–H and O–H groups in total. The highest BCUT2D eigenvalue weighted by atomic mass is 32.1. The normalized spacial score (nSPS) is 12.8. The second-order valence-electron chi connectivity index (χ2n) is 4.42. The fraction of sp³-hybridized carbons (Fsp3) is 0.385. The lowest BCUT2D eigenvalue weighted by molar-refractivity contribution is 0.222. The highest BCUT2D eigenvalue weighted by Crippen LogP contribution is 2.30. The molecule has 2 aromatic rings. The molecule has 0 fully saturated rings. The van der Waals surface area contributed by atoms with E-state index in [1.165, 1.54) is 22.7 Å². The second kappa shape index (κ2) is 4.55. The molecule has 1 aromatic carbocycles. The summed E-state index contributed by atoms with van der Waals surface area (Å²) in [7, 11) is 0. The van der Waals surface area contributed by atoms with E-state index in [4.69, 9.17) is 0 Å². The molecule has 4 heteroatoms. The van der Waals surface area contributed by atoms with E-state index >= 15 is 0 Å². The number of benzene rings is 1. The summed E-state index contributed by atoms with van der Waals surface area (Å²) in [4.78, 5) is 0.830. The lowest BCUT2D eigenvalue weighted by atomic mass is 9.96. The van der Waals surface area contributed by atoms with Gasteiger partial charge in [-0.15, -0.1) is 5.10 Å². The van der Waals surface area contributed by atoms with Crippen molar-refractivity contribution in [1.29, 1.82) is 0 Å². The molecule has 1 aromatic heterocycles. The zero-order valence-electron chi connectivity index (χ0n) is 10.5. The summed E-state index contributed by atoms with van der Waals surface area (Å²) in [6, 6.07) is 4.16. The molecule has 1 unspecified atom stereocenters. The van der Waals surface area contributed by atoms with E-state index in [0.717, 1.165) is 21.7 Å². The molecule has 0 aliphatic rings. The number of hydrogen-bond donors (Lipinski definition) is 1. The van der Waals surface area contributed by atoms with Gasteiger partial charge >= 0.3 is 0 Å². The Morgan fingerprint density at radius 3 is 2.29 bits per heavy atom. The number of hydrogen-bond acceptors (Lipinski definition) is 4. The lowest BCUT2D eigenvalue weighted by Crippen LogP contribution is -2.03. The van der Waals surface area contributed by atoms with Crippen molar-refractivity contribution in [3.05, 3.63) is 45.0 Å². The summed E-state index contributed by atoms with van der Waals surface area (Å²) in [6.45, 7) is 8.04. The summed E-state index contributed by atoms with van der Waals surface area (Å²) in [5.41, 5.74) is 5.30. The van der Waals surface area contributed by atoms with Gasteiger partial charge in [-0.3, -0.25) is 0 Å². The molecule has 1 heterocycles. The van der Waals surface area contributed by atoms with Gasteiger partial charge in [0.25, 0.3) is 0 Å². The van der Waals surface area contributed by atoms with Gasteiger partial charge in [0, 0.05) is 0 Å². The van der Waals surface area contributed by atoms with Gasteiger partial charge in [0.05, 0.1) is 10.6 Å². The Hall–Kier alpha value is -1.26. The molecular formula is C13H16N2OS. The molecule has 90 valence electrons. The number of aromatic nitrogens is 2. The zero-order chi connectivity index (χ0) is 12.6. The van der Waals surface area contributed by atoms with Gasteiger partial charge in [-0.2, -0.15) is 0 Å². The van der Waals surface area contributed by atoms with Crippen LogP contribution in [0.2, 0.25) is 0 Å². The van der Waals surface area contributed by atoms with Crippen LogP contribution in [0, 0.1) is 27.7 Å². The predicted octanol–water partition coefficient (Wildman–Crippen LogP) is 2.85. The molecule has 0 saturated carbocycles. The average Bonchev–Trinajstić information content (AvgIpc) is 2.69. The average molecular weight is 248 g/mol. The van der Waals surface area contributed by atoms with Crippen molar-refractivity contribution in [2.45, 2.75) is 33.8 Å². The predicted molar refractivity (Wildman–Crippen MR) is 69.4 cm³/mol. The first kappa shape index (κ1) is 12.2. The number of rotatable bonds is 2. The molecule has 3 nitrogen and oxygen atoms in total. The molecule has 1 atom stereocenters. The standard InChI is InChI=1S/C13H16N2OS/c1-7-5-9(3)11(6-8(7)2)12(16)13-10(4)14-15-17-13/h5-6,12,16H,1-4H3. The molecule has 2 rings (SSSR count). The van der Waals surface area contributed by atoms with E-state index < -0.39 is 6.10 Å². The fourth-order valence-electron chi connectivity index (χ4n) is 1.91. The van der Waals surface area contributed by atoms with Crippen LogP contribution >= 0.6 is 11.5 Å². The maximum Gasteiger partial charge on any atom is 0.117 e. The summed E-state index contributed by atoms with van der Waals surface area (Å²) in [6.07, 6.45) is -0.616. The van der Waals surface area contributed by atoms with Crippen LogP contribution < -0.4 is 0 Å². The van der Waals surface area contributed by atoms with Crippen LogP contribution in [0.1, 0.15) is 38.9 Å². The topological polar surface area (TPSA) is 46.0 Å². The van der Waals surface area contributed by atoms with Gasteiger partial charge in [-0.25, -0.2) is 0 Å². The molecular weight excluding hydrogens is 232 g/mol. The summed E-state index contributed by atoms with van der Waals surface area (Å²) >= 11 is 1.26. The van der Waals surface area contributed by atoms with Crippen LogP contribution in [-0.2, 0) is 0 Å². The second-order valence-corrected chi connectivity index (χ2v) is 5.20. The molecule has 0 spiro atoms. The van der Waals surface area contributed by atoms with Gasteiger partial charge in [-0.05, 0) is 61.5 Å². The Kier molecular flexibility index (Phi) is 3.26. The van der Waals surface area contributed by atoms with Crippen molar-refractivity contribution in [1.82, 2.24) is 9.59 Å². The van der Waals surface area contributed by atoms with Crippen LogP contribution in [0.25, 0.3) is 0 Å². The Morgan fingerprint density at radius 2 is 1.71 bits per heavy atom. The molecule has 17 heavy (non-hydrogen) atoms. The largest absolute Gasteiger partial charge is 0.383 e. The fourth-order valence-corrected chi connectivity index (χ4v) is 2.56. The molecule has 0 aliphatic heterocycles. The van der Waals surface area contributed by atoms with E-state index in [1.807, 2.05) is 13.8 Å². The molecule has 0 aliphatic carbocycles. The van der Waals surface area contributed by atoms with Crippen LogP contribution in [-0.4, -0.2) is 14.7 Å². The van der Waals surface area contributed by atoms with Crippen molar-refractivity contribution >= 4 is 11.5 Å². The maximum absolute atomic E-state index is 10.4. The highest BCUT2D eigenvalue weighted by Gasteiger charge is 2.18. The molecule has 0 amide bonds. The van der Waals surface area contributed by atoms with Crippen molar-refractivity contribution < 1.29 is 5.11 Å². The quantitative estimate of drug-likeness (QED) is 0.889. The van der Waals surface area contributed by atoms with E-state index in [0.29, 0.717) is 0 Å². The third kappa shape index (κ3) is 2.23. The first-order chi connectivity index (χ1) is 8.00. The SMILES string of the molecule is Cc1cc(C)c(C(O)c2snnc2C)cc1C. The minimum atomic E-state index is -0.616. The summed E-state index contributed by atoms with van der Waals surface area (Å²) < 4.78 is 3.87. The van der Waals surface area contributed by atoms with Gasteiger partial charge in [-0.1, -0.05) is 16.6 Å². The smallest absolute Gasteiger partial charge is 0.117 e. The number of nitrogens with zero attached hydrogens (tertiary/aromatic N) is 2. The first-order valence-corrected chi connectivity index (χ1v) is 6.32. The van der Waals surface area contributed by atoms with E-state index in [2.05, 4.69) is 35.6 Å². The number of aliphatic hydroxyl groups excluding tert-OH is 1. The number of aryl methyl sites for hydroxylation is 4. The van der Waals surface area contributed by atoms with Crippen molar-refractivity contribution in [2.24, 2.45) is 0 Å². The van der Waals surface area contributed by atoms with Gasteiger partial charge in [0.1, 0.15) is 6.10 Å². The van der Waals surface area contributed by atoms with Crippen LogP contribution in [0.15, 0.2) is 12.1 Å². The van der Waals surface area contributed by atoms with Crippen molar-refractivity contribution in [3.8, 4) is 0 Å². The van der Waals surface area contributed by atoms with Crippen LogP contribution in [0.3, 0.4) is 0 Å². The molecule has 0 saturated heterocycles. The molecule has 0 bridgehead atoms. The van der Waals surface area contributed by atoms with Gasteiger partial charge in [0.2, 0.25) is 0 Å². The van der Waals surface area contributed by atoms with Crippen LogP contribution in [0.4, 0.5) is 0 Å². The van der Waals surface area contributed by atoms with Crippen molar-refractivity contribution in [2.75, 3.05) is 0 Å². The Balaban J connectivity index is 2.48. The zero-order valence-corrected chi connectivity index (χ0v) is 11.3. The third-order valence-corrected chi connectivity index (χ3v) is 3.99. The first-order valence-electron chi connectivity index (χ1n) is 5.55. The minimum absolute atomic E-state index is 0.616. The Morgan fingerprint density at radius 1 is 1.06 bits per heavy atom. The van der Waals surface area contributed by atoms with Gasteiger partial charge in [0.15, 0.2) is 0 Å². The summed E-state index contributed by atoms with van der Waals surface area (Å²) in [5.74, 6) is 0. The highest BCUT2D eigenvalue weighted by molar-refractivity contribution is 7.05. The van der Waals surface area contributed by atoms with Crippen LogP contribution in [0.5, 0.6) is 0 Å². The summed E-state index contributed by atoms with van der Waals surface area (Å²) in [5, 5.41) is 14.3. The maximum atomic E-state index is 10.4. The minimum Gasteiger partial charge on any atom is -0.383 e. The van der Waals surface area contributed by atoms with Gasteiger partial charge < -0.3 is 5.11 Å². The lowest BCUT2D eigenvalue weighted by Gasteiger charge is -2.14. The van der Waals surface area contributed by atoms with E-state index in [9.17, 15) is 5.11 Å².